The molecule has 0 bridgehead atoms. The Kier molecular flexibility index (Phi) is 6.32. The molecule has 0 unspecified atom stereocenters. The fourth-order valence-corrected chi connectivity index (χ4v) is 4.36. The van der Waals surface area contributed by atoms with Gasteiger partial charge in [-0.25, -0.2) is 13.4 Å². The maximum Gasteiger partial charge on any atom is 0.493 e. The Hall–Kier alpha value is -4.17. The number of carbonyl (C=O) groups is 1. The van der Waals surface area contributed by atoms with Gasteiger partial charge < -0.3 is 10.1 Å². The third-order valence-corrected chi connectivity index (χ3v) is 6.32. The molecule has 4 rings (SSSR count). The number of nitrogens with zero attached hydrogens (tertiary/aromatic N) is 4. The normalized spacial score (nSPS) is 13.2. The Morgan fingerprint density at radius 1 is 1.09 bits per heavy atom. The summed E-state index contributed by atoms with van der Waals surface area (Å²) in [6.45, 7) is 0. The summed E-state index contributed by atoms with van der Waals surface area (Å²) in [6.07, 6.45) is -3.25. The van der Waals surface area contributed by atoms with Crippen LogP contribution in [0.2, 0.25) is 0 Å². The second-order valence-corrected chi connectivity index (χ2v) is 8.73. The number of aromatic nitrogens is 1. The summed E-state index contributed by atoms with van der Waals surface area (Å²) in [5, 5.41) is 2.66. The van der Waals surface area contributed by atoms with E-state index in [4.69, 9.17) is 4.74 Å². The van der Waals surface area contributed by atoms with Crippen LogP contribution in [0.4, 0.5) is 24.5 Å². The van der Waals surface area contributed by atoms with Crippen LogP contribution >= 0.6 is 0 Å². The molecule has 2 N–H and O–H groups in total. The molecule has 0 aliphatic carbocycles. The van der Waals surface area contributed by atoms with E-state index in [2.05, 4.69) is 20.7 Å². The molecule has 0 saturated carbocycles. The van der Waals surface area contributed by atoms with Gasteiger partial charge in [-0.2, -0.15) is 18.3 Å². The van der Waals surface area contributed by atoms with Gasteiger partial charge in [-0.15, -0.1) is 0 Å². The average molecular weight is 506 g/mol. The molecule has 0 fully saturated rings. The lowest BCUT2D eigenvalue weighted by Gasteiger charge is -2.35. The van der Waals surface area contributed by atoms with Gasteiger partial charge in [-0.05, 0) is 30.3 Å². The minimum Gasteiger partial charge on any atom is -0.457 e. The zero-order chi connectivity index (χ0) is 25.2. The van der Waals surface area contributed by atoms with E-state index in [0.29, 0.717) is 6.34 Å². The number of ether oxygens (including phenoxy) is 1. The van der Waals surface area contributed by atoms with Crippen molar-refractivity contribution in [3.63, 3.8) is 0 Å². The van der Waals surface area contributed by atoms with Gasteiger partial charge in [0.05, 0.1) is 16.3 Å². The summed E-state index contributed by atoms with van der Waals surface area (Å²) in [5.74, 6) is 0.00419. The topological polar surface area (TPSA) is 116 Å². The van der Waals surface area contributed by atoms with Crippen LogP contribution in [-0.2, 0) is 10.0 Å². The number of alkyl halides is 3. The Balaban J connectivity index is 1.63. The first kappa shape index (κ1) is 24.0. The van der Waals surface area contributed by atoms with Crippen LogP contribution < -0.4 is 15.5 Å². The molecule has 1 aromatic heterocycles. The maximum atomic E-state index is 13.9. The van der Waals surface area contributed by atoms with Gasteiger partial charge in [0, 0.05) is 29.8 Å². The Labute approximate surface area is 197 Å². The monoisotopic (exact) mass is 506 g/mol. The molecule has 0 spiro atoms. The third-order valence-electron chi connectivity index (χ3n) is 4.62. The van der Waals surface area contributed by atoms with E-state index in [1.807, 2.05) is 0 Å². The van der Waals surface area contributed by atoms with Crippen LogP contribution in [-0.4, -0.2) is 48.5 Å². The molecule has 0 atom stereocenters. The van der Waals surface area contributed by atoms with Crippen molar-refractivity contribution in [2.75, 3.05) is 12.5 Å². The highest BCUT2D eigenvalue weighted by Crippen LogP contribution is 2.37. The highest BCUT2D eigenvalue weighted by Gasteiger charge is 2.51. The number of pyridine rings is 1. The lowest BCUT2D eigenvalue weighted by Crippen LogP contribution is -2.56. The lowest BCUT2D eigenvalue weighted by molar-refractivity contribution is -0.250. The first-order valence-corrected chi connectivity index (χ1v) is 11.3. The van der Waals surface area contributed by atoms with E-state index in [1.165, 1.54) is 61.8 Å². The number of hydrazine groups is 2. The molecule has 14 heteroatoms. The van der Waals surface area contributed by atoms with Crippen molar-refractivity contribution in [2.45, 2.75) is 11.2 Å². The minimum absolute atomic E-state index is 0.0445. The van der Waals surface area contributed by atoms with Crippen LogP contribution in [0, 0.1) is 0 Å². The lowest BCUT2D eigenvalue weighted by atomic mass is 10.2. The van der Waals surface area contributed by atoms with E-state index >= 15 is 0 Å². The number of aliphatic imine (C=N–C) groups is 1. The molecule has 35 heavy (non-hydrogen) atoms. The largest absolute Gasteiger partial charge is 0.493 e. The summed E-state index contributed by atoms with van der Waals surface area (Å²) in [5.41, 5.74) is 2.79. The number of sulfonamides is 1. The minimum atomic E-state index is -5.31. The fourth-order valence-electron chi connectivity index (χ4n) is 3.07. The van der Waals surface area contributed by atoms with Crippen LogP contribution in [0.1, 0.15) is 10.5 Å². The van der Waals surface area contributed by atoms with Crippen molar-refractivity contribution in [3.8, 4) is 11.5 Å². The molecule has 0 saturated heterocycles. The molecule has 1 aliphatic heterocycles. The molecule has 3 aromatic rings. The van der Waals surface area contributed by atoms with E-state index < -0.39 is 31.5 Å². The van der Waals surface area contributed by atoms with Gasteiger partial charge >= 0.3 is 6.30 Å². The van der Waals surface area contributed by atoms with E-state index in [1.54, 1.807) is 0 Å². The van der Waals surface area contributed by atoms with Crippen molar-refractivity contribution in [1.82, 2.24) is 19.8 Å². The van der Waals surface area contributed by atoms with Gasteiger partial charge in [0.1, 0.15) is 23.5 Å². The summed E-state index contributed by atoms with van der Waals surface area (Å²) in [6, 6.07) is 13.4. The van der Waals surface area contributed by atoms with Crippen molar-refractivity contribution >= 4 is 33.6 Å². The van der Waals surface area contributed by atoms with Crippen LogP contribution in [0.15, 0.2) is 76.7 Å². The average Bonchev–Trinajstić information content (AvgIpc) is 2.83. The second-order valence-electron chi connectivity index (χ2n) is 6.97. The van der Waals surface area contributed by atoms with Crippen LogP contribution in [0.25, 0.3) is 0 Å². The zero-order valence-corrected chi connectivity index (χ0v) is 18.7. The molecule has 0 radical (unpaired) electrons. The van der Waals surface area contributed by atoms with Gasteiger partial charge in [0.25, 0.3) is 15.9 Å². The first-order valence-electron chi connectivity index (χ1n) is 9.87. The molecule has 1 aliphatic rings. The molecule has 182 valence electrons. The number of halogens is 3. The Morgan fingerprint density at radius 3 is 2.49 bits per heavy atom. The summed E-state index contributed by atoms with van der Waals surface area (Å²) < 4.78 is 72.3. The summed E-state index contributed by atoms with van der Waals surface area (Å²) in [4.78, 5) is 19.1. The highest BCUT2D eigenvalue weighted by atomic mass is 32.2. The Morgan fingerprint density at radius 2 is 1.80 bits per heavy atom. The van der Waals surface area contributed by atoms with Crippen LogP contribution in [0.3, 0.4) is 0 Å². The number of nitrogens with one attached hydrogen (secondary N) is 2. The number of fused-ring (bicyclic) bond motifs is 1. The number of hydrogen-bond acceptors (Lipinski definition) is 8. The van der Waals surface area contributed by atoms with Crippen molar-refractivity contribution in [2.24, 2.45) is 4.99 Å². The molecular weight excluding hydrogens is 489 g/mol. The highest BCUT2D eigenvalue weighted by molar-refractivity contribution is 7.89. The van der Waals surface area contributed by atoms with Gasteiger partial charge in [0.2, 0.25) is 0 Å². The first-order chi connectivity index (χ1) is 16.6. The SMILES string of the molecule is CNC(=O)c1cc(Oc2ccc3c(c2)NN(N(C(F)(F)F)S(=O)(=O)c2ccccc2)C=N3)ccn1. The van der Waals surface area contributed by atoms with E-state index in [-0.39, 0.29) is 33.7 Å². The van der Waals surface area contributed by atoms with Crippen molar-refractivity contribution in [3.05, 3.63) is 72.6 Å². The molecule has 1 amide bonds. The predicted molar refractivity (Wildman–Crippen MR) is 119 cm³/mol. The predicted octanol–water partition coefficient (Wildman–Crippen LogP) is 3.66. The number of carbonyl (C=O) groups excluding carboxylic acids is 1. The molecule has 2 aromatic carbocycles. The van der Waals surface area contributed by atoms with E-state index in [0.717, 1.165) is 12.1 Å². The Bertz CT molecular complexity index is 1380. The molecular formula is C21H17F3N6O4S. The standard InChI is InChI=1S/C21H17F3N6O4S/c1-25-20(31)19-12-15(9-10-26-19)34-14-7-8-17-18(11-14)28-29(13-27-17)30(21(22,23)24)35(32,33)16-5-3-2-4-6-16/h2-13,28H,1H3,(H,25,31). The van der Waals surface area contributed by atoms with Crippen molar-refractivity contribution < 1.29 is 31.1 Å². The van der Waals surface area contributed by atoms with Gasteiger partial charge in [-0.1, -0.05) is 18.2 Å². The zero-order valence-electron chi connectivity index (χ0n) is 17.9. The summed E-state index contributed by atoms with van der Waals surface area (Å²) in [7, 11) is -3.59. The number of benzene rings is 2. The molecule has 10 nitrogen and oxygen atoms in total. The van der Waals surface area contributed by atoms with Gasteiger partial charge in [0.15, 0.2) is 0 Å². The number of anilines is 1. The second kappa shape index (κ2) is 9.23. The van der Waals surface area contributed by atoms with Crippen LogP contribution in [0.5, 0.6) is 11.5 Å². The van der Waals surface area contributed by atoms with Crippen molar-refractivity contribution in [1.29, 1.82) is 0 Å². The quantitative estimate of drug-likeness (QED) is 0.490. The number of rotatable bonds is 6. The molecule has 2 heterocycles. The van der Waals surface area contributed by atoms with Gasteiger partial charge in [-0.3, -0.25) is 15.2 Å². The fraction of sp³-hybridized carbons (Fsp3) is 0.0952. The summed E-state index contributed by atoms with van der Waals surface area (Å²) >= 11 is 0. The number of hydrogen-bond donors (Lipinski definition) is 2. The third kappa shape index (κ3) is 5.02. The van der Waals surface area contributed by atoms with E-state index in [9.17, 15) is 26.4 Å². The smallest absolute Gasteiger partial charge is 0.457 e. The maximum absolute atomic E-state index is 13.9. The number of amides is 1.